The Balaban J connectivity index is 1.47. The summed E-state index contributed by atoms with van der Waals surface area (Å²) < 4.78 is 0. The topological polar surface area (TPSA) is 53.8 Å². The summed E-state index contributed by atoms with van der Waals surface area (Å²) in [4.78, 5) is 23.8. The van der Waals surface area contributed by atoms with E-state index in [1.165, 1.54) is 24.6 Å². The fourth-order valence-corrected chi connectivity index (χ4v) is 5.54. The van der Waals surface area contributed by atoms with Crippen LogP contribution in [0.1, 0.15) is 49.0 Å². The number of rotatable bonds is 4. The van der Waals surface area contributed by atoms with Crippen molar-refractivity contribution in [2.45, 2.75) is 51.1 Å². The van der Waals surface area contributed by atoms with E-state index in [1.54, 1.807) is 17.4 Å². The van der Waals surface area contributed by atoms with Crippen molar-refractivity contribution in [2.24, 2.45) is 9.98 Å². The Kier molecular flexibility index (Phi) is 6.42. The normalized spacial score (nSPS) is 18.3. The Labute approximate surface area is 184 Å². The van der Waals surface area contributed by atoms with Gasteiger partial charge in [0, 0.05) is 10.7 Å². The van der Waals surface area contributed by atoms with Crippen LogP contribution >= 0.6 is 34.7 Å². The maximum Gasteiger partial charge on any atom is 0.234 e. The Morgan fingerprint density at radius 1 is 1.21 bits per heavy atom. The molecule has 0 unspecified atom stereocenters. The third-order valence-corrected chi connectivity index (χ3v) is 7.53. The smallest absolute Gasteiger partial charge is 0.234 e. The Hall–Kier alpha value is -1.63. The first-order valence-corrected chi connectivity index (χ1v) is 12.2. The zero-order valence-corrected chi connectivity index (χ0v) is 18.8. The number of halogens is 1. The van der Waals surface area contributed by atoms with Crippen LogP contribution in [0.25, 0.3) is 0 Å². The van der Waals surface area contributed by atoms with Gasteiger partial charge in [0.15, 0.2) is 5.66 Å². The number of amides is 1. The van der Waals surface area contributed by atoms with Gasteiger partial charge in [0.1, 0.15) is 10.8 Å². The Morgan fingerprint density at radius 2 is 2.00 bits per heavy atom. The van der Waals surface area contributed by atoms with E-state index in [9.17, 15) is 4.79 Å². The predicted octanol–water partition coefficient (Wildman–Crippen LogP) is 6.33. The second-order valence-corrected chi connectivity index (χ2v) is 9.87. The molecule has 4 rings (SSSR count). The van der Waals surface area contributed by atoms with Crippen LogP contribution in [0, 0.1) is 6.92 Å². The summed E-state index contributed by atoms with van der Waals surface area (Å²) in [5.41, 5.74) is 2.34. The maximum atomic E-state index is 12.5. The lowest BCUT2D eigenvalue weighted by molar-refractivity contribution is -0.113. The second-order valence-electron chi connectivity index (χ2n) is 7.55. The highest BCUT2D eigenvalue weighted by molar-refractivity contribution is 8.16. The molecule has 1 fully saturated rings. The molecule has 1 aromatic heterocycles. The highest BCUT2D eigenvalue weighted by Crippen LogP contribution is 2.38. The number of nitrogens with zero attached hydrogens (tertiary/aromatic N) is 2. The van der Waals surface area contributed by atoms with Crippen molar-refractivity contribution in [1.29, 1.82) is 0 Å². The molecule has 2 heterocycles. The highest BCUT2D eigenvalue weighted by Gasteiger charge is 2.37. The fourth-order valence-electron chi connectivity index (χ4n) is 3.72. The van der Waals surface area contributed by atoms with Crippen LogP contribution in [0.4, 0.5) is 5.69 Å². The summed E-state index contributed by atoms with van der Waals surface area (Å²) in [6.07, 6.45) is 6.84. The van der Waals surface area contributed by atoms with Crippen LogP contribution in [-0.2, 0) is 4.79 Å². The molecule has 152 valence electrons. The largest absolute Gasteiger partial charge is 0.325 e. The van der Waals surface area contributed by atoms with E-state index in [4.69, 9.17) is 21.6 Å². The van der Waals surface area contributed by atoms with Gasteiger partial charge in [0.25, 0.3) is 0 Å². The van der Waals surface area contributed by atoms with Gasteiger partial charge in [-0.2, -0.15) is 0 Å². The number of anilines is 1. The van der Waals surface area contributed by atoms with Crippen molar-refractivity contribution >= 4 is 57.0 Å². The lowest BCUT2D eigenvalue weighted by Gasteiger charge is -2.20. The van der Waals surface area contributed by atoms with Gasteiger partial charge in [-0.15, -0.1) is 11.3 Å². The number of benzene rings is 1. The van der Waals surface area contributed by atoms with Crippen molar-refractivity contribution in [3.8, 4) is 0 Å². The summed E-state index contributed by atoms with van der Waals surface area (Å²) >= 11 is 9.32. The molecule has 2 aromatic rings. The molecule has 1 saturated carbocycles. The van der Waals surface area contributed by atoms with Gasteiger partial charge in [0.05, 0.1) is 10.6 Å². The van der Waals surface area contributed by atoms with Crippen LogP contribution < -0.4 is 5.32 Å². The van der Waals surface area contributed by atoms with Crippen molar-refractivity contribution < 1.29 is 4.79 Å². The molecule has 1 spiro atoms. The van der Waals surface area contributed by atoms with Crippen LogP contribution in [0.5, 0.6) is 0 Å². The lowest BCUT2D eigenvalue weighted by atomic mass is 10.0. The van der Waals surface area contributed by atoms with Crippen LogP contribution in [0.15, 0.2) is 45.7 Å². The maximum absolute atomic E-state index is 12.5. The zero-order chi connectivity index (χ0) is 20.3. The molecule has 4 nitrogen and oxygen atoms in total. The number of thioether (sulfide) groups is 1. The van der Waals surface area contributed by atoms with Gasteiger partial charge < -0.3 is 5.32 Å². The van der Waals surface area contributed by atoms with E-state index in [2.05, 4.69) is 16.8 Å². The third kappa shape index (κ3) is 4.93. The van der Waals surface area contributed by atoms with Crippen molar-refractivity contribution in [3.63, 3.8) is 0 Å². The molecular weight excluding hydrogens is 422 g/mol. The molecule has 0 bridgehead atoms. The molecular formula is C22H24ClN3OS2. The van der Waals surface area contributed by atoms with Gasteiger partial charge in [-0.05, 0) is 61.7 Å². The molecule has 29 heavy (non-hydrogen) atoms. The molecule has 1 amide bonds. The highest BCUT2D eigenvalue weighted by atomic mass is 35.5. The first kappa shape index (κ1) is 20.6. The molecule has 0 atom stereocenters. The van der Waals surface area contributed by atoms with Gasteiger partial charge in [-0.3, -0.25) is 9.79 Å². The number of aryl methyl sites for hydroxylation is 1. The third-order valence-electron chi connectivity index (χ3n) is 5.29. The summed E-state index contributed by atoms with van der Waals surface area (Å²) in [5, 5.41) is 6.54. The molecule has 2 aliphatic rings. The zero-order valence-electron chi connectivity index (χ0n) is 16.4. The minimum absolute atomic E-state index is 0.0648. The summed E-state index contributed by atoms with van der Waals surface area (Å²) in [6.45, 7) is 1.94. The molecule has 7 heteroatoms. The monoisotopic (exact) mass is 445 g/mol. The standard InChI is InChI=1S/C22H24ClN3OS2/c1-15-8-9-16(13-17(15)23)24-19(27)14-29-21-20(18-7-6-12-28-18)25-22(26-21)10-4-2-3-5-11-22/h6-9,12-13H,2-5,10-11,14H2,1H3,(H,24,27). The number of carbonyl (C=O) groups is 1. The summed E-state index contributed by atoms with van der Waals surface area (Å²) in [7, 11) is 0. The number of carbonyl (C=O) groups excluding carboxylic acids is 1. The number of aliphatic imine (C=N–C) groups is 2. The minimum Gasteiger partial charge on any atom is -0.325 e. The first-order valence-electron chi connectivity index (χ1n) is 9.97. The molecule has 1 aliphatic carbocycles. The van der Waals surface area contributed by atoms with Crippen LogP contribution in [-0.4, -0.2) is 28.1 Å². The van der Waals surface area contributed by atoms with Gasteiger partial charge in [0.2, 0.25) is 5.91 Å². The quantitative estimate of drug-likeness (QED) is 0.597. The SMILES string of the molecule is Cc1ccc(NC(=O)CSC2=NC3(CCCCCC3)N=C2c2cccs2)cc1Cl. The van der Waals surface area contributed by atoms with E-state index in [-0.39, 0.29) is 11.6 Å². The first-order chi connectivity index (χ1) is 14.0. The van der Waals surface area contributed by atoms with Gasteiger partial charge in [-0.1, -0.05) is 48.3 Å². The van der Waals surface area contributed by atoms with E-state index < -0.39 is 0 Å². The number of hydrogen-bond donors (Lipinski definition) is 1. The minimum atomic E-state index is -0.320. The van der Waals surface area contributed by atoms with E-state index >= 15 is 0 Å². The Morgan fingerprint density at radius 3 is 2.69 bits per heavy atom. The van der Waals surface area contributed by atoms with E-state index in [0.717, 1.165) is 46.9 Å². The van der Waals surface area contributed by atoms with Crippen molar-refractivity contribution in [3.05, 3.63) is 51.2 Å². The summed E-state index contributed by atoms with van der Waals surface area (Å²) in [6, 6.07) is 9.69. The van der Waals surface area contributed by atoms with E-state index in [0.29, 0.717) is 16.5 Å². The molecule has 0 radical (unpaired) electrons. The van der Waals surface area contributed by atoms with Crippen molar-refractivity contribution in [2.75, 3.05) is 11.1 Å². The fraction of sp³-hybridized carbons (Fsp3) is 0.409. The number of nitrogens with one attached hydrogen (secondary N) is 1. The van der Waals surface area contributed by atoms with Gasteiger partial charge >= 0.3 is 0 Å². The average Bonchev–Trinajstić information content (AvgIpc) is 3.28. The molecule has 1 N–H and O–H groups in total. The molecule has 0 saturated heterocycles. The van der Waals surface area contributed by atoms with Gasteiger partial charge in [-0.25, -0.2) is 4.99 Å². The van der Waals surface area contributed by atoms with E-state index in [1.807, 2.05) is 25.1 Å². The van der Waals surface area contributed by atoms with Crippen LogP contribution in [0.3, 0.4) is 0 Å². The number of hydrogen-bond acceptors (Lipinski definition) is 5. The molecule has 1 aliphatic heterocycles. The lowest BCUT2D eigenvalue weighted by Crippen LogP contribution is -2.20. The number of thiophene rings is 1. The molecule has 1 aromatic carbocycles. The summed E-state index contributed by atoms with van der Waals surface area (Å²) in [5.74, 6) is 0.232. The average molecular weight is 446 g/mol. The predicted molar refractivity (Wildman–Crippen MR) is 126 cm³/mol. The van der Waals surface area contributed by atoms with Crippen LogP contribution in [0.2, 0.25) is 5.02 Å². The second kappa shape index (κ2) is 9.02. The van der Waals surface area contributed by atoms with Crippen molar-refractivity contribution in [1.82, 2.24) is 0 Å². The Bertz CT molecular complexity index is 945.